The number of carbonyl (C=O) groups excluding carboxylic acids is 1. The Hall–Kier alpha value is -1.46. The van der Waals surface area contributed by atoms with Crippen molar-refractivity contribution in [1.82, 2.24) is 5.32 Å². The van der Waals surface area contributed by atoms with E-state index in [0.29, 0.717) is 0 Å². The van der Waals surface area contributed by atoms with Crippen molar-refractivity contribution in [2.24, 2.45) is 5.92 Å². The third kappa shape index (κ3) is 4.01. The van der Waals surface area contributed by atoms with Gasteiger partial charge < -0.3 is 15.7 Å². The van der Waals surface area contributed by atoms with Crippen molar-refractivity contribution < 1.29 is 9.90 Å². The van der Waals surface area contributed by atoms with Crippen LogP contribution in [0.1, 0.15) is 6.42 Å². The van der Waals surface area contributed by atoms with Crippen LogP contribution in [0.5, 0.6) is 0 Å². The molecule has 19 heavy (non-hydrogen) atoms. The number of hydrogen-bond donors (Lipinski definition) is 3. The summed E-state index contributed by atoms with van der Waals surface area (Å²) in [5, 5.41) is 14.7. The van der Waals surface area contributed by atoms with E-state index in [4.69, 9.17) is 5.11 Å². The minimum absolute atomic E-state index is 0.000817. The van der Waals surface area contributed by atoms with Crippen molar-refractivity contribution >= 4 is 23.5 Å². The maximum atomic E-state index is 11.8. The van der Waals surface area contributed by atoms with Crippen LogP contribution < -0.4 is 10.6 Å². The van der Waals surface area contributed by atoms with Crippen LogP contribution in [-0.4, -0.2) is 30.0 Å². The summed E-state index contributed by atoms with van der Waals surface area (Å²) < 4.78 is 0. The molecule has 102 valence electrons. The van der Waals surface area contributed by atoms with Gasteiger partial charge in [0.2, 0.25) is 0 Å². The highest BCUT2D eigenvalue weighted by Gasteiger charge is 2.19. The van der Waals surface area contributed by atoms with Gasteiger partial charge in [-0.1, -0.05) is 18.2 Å². The van der Waals surface area contributed by atoms with Gasteiger partial charge >= 0.3 is 6.03 Å². The number of rotatable bonds is 4. The van der Waals surface area contributed by atoms with E-state index in [0.717, 1.165) is 17.0 Å². The molecule has 0 spiro atoms. The van der Waals surface area contributed by atoms with Crippen molar-refractivity contribution in [3.8, 4) is 0 Å². The third-order valence-electron chi connectivity index (χ3n) is 3.05. The maximum Gasteiger partial charge on any atom is 0.319 e. The molecule has 0 radical (unpaired) electrons. The number of thioether (sulfide) groups is 1. The summed E-state index contributed by atoms with van der Waals surface area (Å²) in [4.78, 5) is 12.9. The van der Waals surface area contributed by atoms with Gasteiger partial charge in [0.25, 0.3) is 0 Å². The van der Waals surface area contributed by atoms with E-state index in [2.05, 4.69) is 10.6 Å². The van der Waals surface area contributed by atoms with Crippen LogP contribution >= 0.6 is 11.8 Å². The van der Waals surface area contributed by atoms with Crippen LogP contribution in [-0.2, 0) is 0 Å². The molecule has 1 aromatic carbocycles. The van der Waals surface area contributed by atoms with Gasteiger partial charge in [-0.05, 0) is 30.9 Å². The molecule has 0 aromatic heterocycles. The van der Waals surface area contributed by atoms with E-state index in [9.17, 15) is 4.79 Å². The summed E-state index contributed by atoms with van der Waals surface area (Å²) in [6, 6.07) is 7.50. The fourth-order valence-corrected chi connectivity index (χ4v) is 2.51. The number of hydrogen-bond acceptors (Lipinski definition) is 3. The van der Waals surface area contributed by atoms with Crippen molar-refractivity contribution in [2.45, 2.75) is 17.4 Å². The smallest absolute Gasteiger partial charge is 0.319 e. The van der Waals surface area contributed by atoms with Crippen LogP contribution in [0.15, 0.2) is 41.3 Å². The van der Waals surface area contributed by atoms with Crippen molar-refractivity contribution in [3.05, 3.63) is 36.4 Å². The molecular formula is C14H18N2O2S. The zero-order valence-electron chi connectivity index (χ0n) is 10.8. The average molecular weight is 278 g/mol. The van der Waals surface area contributed by atoms with E-state index in [1.165, 1.54) is 0 Å². The van der Waals surface area contributed by atoms with Gasteiger partial charge in [-0.15, -0.1) is 11.8 Å². The zero-order valence-corrected chi connectivity index (χ0v) is 11.6. The Morgan fingerprint density at radius 3 is 3.00 bits per heavy atom. The molecule has 0 fully saturated rings. The standard InChI is InChI=1S/C14H18N2O2S/c1-19-13-4-2-3-11(8-13)15-14(18)16-12-6-5-10(7-12)9-17/h2-6,8,10,12,17H,7,9H2,1H3,(H2,15,16,18)/t10-,12+/m0/s1. The minimum Gasteiger partial charge on any atom is -0.396 e. The molecule has 0 unspecified atom stereocenters. The van der Waals surface area contributed by atoms with Gasteiger partial charge in [-0.25, -0.2) is 4.79 Å². The molecule has 0 heterocycles. The number of carbonyl (C=O) groups is 1. The van der Waals surface area contributed by atoms with Gasteiger partial charge in [0.1, 0.15) is 0 Å². The lowest BCUT2D eigenvalue weighted by Gasteiger charge is -2.13. The largest absolute Gasteiger partial charge is 0.396 e. The molecule has 2 amide bonds. The lowest BCUT2D eigenvalue weighted by Crippen LogP contribution is -2.36. The fourth-order valence-electron chi connectivity index (χ4n) is 2.05. The molecule has 2 rings (SSSR count). The molecule has 1 aliphatic rings. The number of anilines is 1. The highest BCUT2D eigenvalue weighted by molar-refractivity contribution is 7.98. The van der Waals surface area contributed by atoms with E-state index in [1.807, 2.05) is 42.7 Å². The molecule has 2 atom stereocenters. The number of aliphatic hydroxyl groups is 1. The summed E-state index contributed by atoms with van der Waals surface area (Å²) in [6.07, 6.45) is 6.63. The van der Waals surface area contributed by atoms with Crippen LogP contribution in [0.25, 0.3) is 0 Å². The number of nitrogens with one attached hydrogen (secondary N) is 2. The first-order valence-electron chi connectivity index (χ1n) is 6.22. The predicted molar refractivity (Wildman–Crippen MR) is 78.5 cm³/mol. The molecule has 4 nitrogen and oxygen atoms in total. The first-order chi connectivity index (χ1) is 9.21. The Morgan fingerprint density at radius 2 is 2.32 bits per heavy atom. The third-order valence-corrected chi connectivity index (χ3v) is 3.78. The van der Waals surface area contributed by atoms with E-state index < -0.39 is 0 Å². The van der Waals surface area contributed by atoms with Crippen LogP contribution in [0.2, 0.25) is 0 Å². The highest BCUT2D eigenvalue weighted by Crippen LogP contribution is 2.19. The second-order valence-corrected chi connectivity index (χ2v) is 5.38. The Kier molecular flexibility index (Phi) is 4.87. The Balaban J connectivity index is 1.86. The van der Waals surface area contributed by atoms with Crippen LogP contribution in [0.3, 0.4) is 0 Å². The number of benzene rings is 1. The van der Waals surface area contributed by atoms with E-state index in [1.54, 1.807) is 11.8 Å². The van der Waals surface area contributed by atoms with Gasteiger partial charge in [-0.2, -0.15) is 0 Å². The molecule has 5 heteroatoms. The van der Waals surface area contributed by atoms with Crippen molar-refractivity contribution in [2.75, 3.05) is 18.2 Å². The maximum absolute atomic E-state index is 11.8. The van der Waals surface area contributed by atoms with Crippen molar-refractivity contribution in [1.29, 1.82) is 0 Å². The van der Waals surface area contributed by atoms with Crippen LogP contribution in [0.4, 0.5) is 10.5 Å². The summed E-state index contributed by atoms with van der Waals surface area (Å²) >= 11 is 1.64. The van der Waals surface area contributed by atoms with Gasteiger partial charge in [0.05, 0.1) is 0 Å². The van der Waals surface area contributed by atoms with Gasteiger partial charge in [0, 0.05) is 29.1 Å². The number of urea groups is 1. The summed E-state index contributed by atoms with van der Waals surface area (Å²) in [5.74, 6) is 0.158. The second-order valence-electron chi connectivity index (χ2n) is 4.50. The molecule has 0 bridgehead atoms. The van der Waals surface area contributed by atoms with E-state index >= 15 is 0 Å². The quantitative estimate of drug-likeness (QED) is 0.585. The Bertz CT molecular complexity index is 476. The lowest BCUT2D eigenvalue weighted by atomic mass is 10.1. The second kappa shape index (κ2) is 6.63. The zero-order chi connectivity index (χ0) is 13.7. The van der Waals surface area contributed by atoms with Crippen molar-refractivity contribution in [3.63, 3.8) is 0 Å². The number of aliphatic hydroxyl groups excluding tert-OH is 1. The minimum atomic E-state index is -0.216. The normalized spacial score (nSPS) is 21.4. The summed E-state index contributed by atoms with van der Waals surface area (Å²) in [7, 11) is 0. The molecular weight excluding hydrogens is 260 g/mol. The average Bonchev–Trinajstić information content (AvgIpc) is 2.86. The molecule has 1 aromatic rings. The first kappa shape index (κ1) is 14.0. The Labute approximate surface area is 117 Å². The molecule has 0 saturated carbocycles. The fraction of sp³-hybridized carbons (Fsp3) is 0.357. The predicted octanol–water partition coefficient (Wildman–Crippen LogP) is 2.47. The summed E-state index contributed by atoms with van der Waals surface area (Å²) in [6.45, 7) is 0.131. The summed E-state index contributed by atoms with van der Waals surface area (Å²) in [5.41, 5.74) is 0.782. The molecule has 0 saturated heterocycles. The van der Waals surface area contributed by atoms with Gasteiger partial charge in [0.15, 0.2) is 0 Å². The molecule has 3 N–H and O–H groups in total. The highest BCUT2D eigenvalue weighted by atomic mass is 32.2. The van der Waals surface area contributed by atoms with Crippen LogP contribution in [0, 0.1) is 5.92 Å². The first-order valence-corrected chi connectivity index (χ1v) is 7.44. The van der Waals surface area contributed by atoms with E-state index in [-0.39, 0.29) is 24.6 Å². The lowest BCUT2D eigenvalue weighted by molar-refractivity contribution is 0.238. The SMILES string of the molecule is CSc1cccc(NC(=O)N[C@@H]2C=C[C@H](CO)C2)c1. The van der Waals surface area contributed by atoms with Gasteiger partial charge in [-0.3, -0.25) is 0 Å². The number of amides is 2. The topological polar surface area (TPSA) is 61.4 Å². The monoisotopic (exact) mass is 278 g/mol. The molecule has 0 aliphatic heterocycles. The molecule has 1 aliphatic carbocycles. The Morgan fingerprint density at radius 1 is 1.47 bits per heavy atom.